The van der Waals surface area contributed by atoms with E-state index >= 15 is 4.39 Å². The van der Waals surface area contributed by atoms with E-state index in [-0.39, 0.29) is 17.3 Å². The minimum absolute atomic E-state index is 0.0334. The van der Waals surface area contributed by atoms with Gasteiger partial charge < -0.3 is 15.3 Å². The molecule has 6 unspecified atom stereocenters. The number of hydrogen-bond acceptors (Lipinski definition) is 3. The summed E-state index contributed by atoms with van der Waals surface area (Å²) in [5.41, 5.74) is -2.40. The molecule has 0 spiro atoms. The molecule has 0 aliphatic heterocycles. The van der Waals surface area contributed by atoms with Crippen LogP contribution in [0.1, 0.15) is 64.7 Å². The molecule has 23 heavy (non-hydrogen) atoms. The summed E-state index contributed by atoms with van der Waals surface area (Å²) >= 11 is 0. The lowest BCUT2D eigenvalue weighted by Crippen LogP contribution is -2.68. The molecule has 130 valence electrons. The van der Waals surface area contributed by atoms with Crippen LogP contribution in [-0.4, -0.2) is 38.8 Å². The highest BCUT2D eigenvalue weighted by Crippen LogP contribution is 2.62. The molecule has 4 heteroatoms. The van der Waals surface area contributed by atoms with Crippen molar-refractivity contribution in [2.75, 3.05) is 0 Å². The summed E-state index contributed by atoms with van der Waals surface area (Å²) in [6.07, 6.45) is 6.35. The SMILES string of the molecule is CC12CCCC1[C@@]1(O)CCC3CCC(O)CC3=CC1(O)C(F)C2. The quantitative estimate of drug-likeness (QED) is 0.601. The Bertz CT molecular complexity index is 535. The molecule has 4 aliphatic carbocycles. The number of fused-ring (bicyclic) bond motifs is 4. The van der Waals surface area contributed by atoms with Crippen molar-refractivity contribution in [1.29, 1.82) is 0 Å². The van der Waals surface area contributed by atoms with Crippen molar-refractivity contribution < 1.29 is 19.7 Å². The lowest BCUT2D eigenvalue weighted by molar-refractivity contribution is -0.237. The first-order valence-corrected chi connectivity index (χ1v) is 9.27. The molecule has 3 N–H and O–H groups in total. The molecule has 0 radical (unpaired) electrons. The summed E-state index contributed by atoms with van der Waals surface area (Å²) in [6, 6.07) is 0. The summed E-state index contributed by atoms with van der Waals surface area (Å²) in [5.74, 6) is 0.242. The second-order valence-electron chi connectivity index (χ2n) is 8.91. The molecule has 0 aromatic rings. The number of aliphatic hydroxyl groups excluding tert-OH is 1. The van der Waals surface area contributed by atoms with Crippen molar-refractivity contribution >= 4 is 0 Å². The highest BCUT2D eigenvalue weighted by molar-refractivity contribution is 5.31. The van der Waals surface area contributed by atoms with Crippen LogP contribution in [0.3, 0.4) is 0 Å². The van der Waals surface area contributed by atoms with Gasteiger partial charge in [-0.2, -0.15) is 0 Å². The molecule has 0 aromatic carbocycles. The van der Waals surface area contributed by atoms with Crippen LogP contribution >= 0.6 is 0 Å². The number of aliphatic hydroxyl groups is 3. The van der Waals surface area contributed by atoms with Gasteiger partial charge in [-0.3, -0.25) is 0 Å². The molecule has 7 atom stereocenters. The predicted molar refractivity (Wildman–Crippen MR) is 85.5 cm³/mol. The summed E-state index contributed by atoms with van der Waals surface area (Å²) in [5, 5.41) is 32.8. The summed E-state index contributed by atoms with van der Waals surface area (Å²) in [7, 11) is 0. The van der Waals surface area contributed by atoms with Gasteiger partial charge in [0.1, 0.15) is 17.4 Å². The fourth-order valence-electron chi connectivity index (χ4n) is 6.30. The molecule has 0 saturated heterocycles. The van der Waals surface area contributed by atoms with Crippen LogP contribution < -0.4 is 0 Å². The maximum atomic E-state index is 15.2. The smallest absolute Gasteiger partial charge is 0.143 e. The Balaban J connectivity index is 1.79. The van der Waals surface area contributed by atoms with E-state index in [0.29, 0.717) is 19.3 Å². The van der Waals surface area contributed by atoms with E-state index in [0.717, 1.165) is 44.1 Å². The predicted octanol–water partition coefficient (Wildman–Crippen LogP) is 2.88. The summed E-state index contributed by atoms with van der Waals surface area (Å²) in [4.78, 5) is 0. The van der Waals surface area contributed by atoms with Crippen molar-refractivity contribution in [1.82, 2.24) is 0 Å². The van der Waals surface area contributed by atoms with E-state index in [2.05, 4.69) is 6.92 Å². The lowest BCUT2D eigenvalue weighted by Gasteiger charge is -2.56. The molecule has 0 bridgehead atoms. The van der Waals surface area contributed by atoms with Crippen LogP contribution in [-0.2, 0) is 0 Å². The molecule has 3 nitrogen and oxygen atoms in total. The fourth-order valence-corrected chi connectivity index (χ4v) is 6.30. The Kier molecular flexibility index (Phi) is 3.51. The third kappa shape index (κ3) is 2.11. The Morgan fingerprint density at radius 1 is 1.13 bits per heavy atom. The van der Waals surface area contributed by atoms with Gasteiger partial charge in [0.2, 0.25) is 0 Å². The van der Waals surface area contributed by atoms with E-state index < -0.39 is 23.5 Å². The van der Waals surface area contributed by atoms with Crippen molar-refractivity contribution in [2.24, 2.45) is 17.3 Å². The van der Waals surface area contributed by atoms with Crippen molar-refractivity contribution in [2.45, 2.75) is 88.2 Å². The Morgan fingerprint density at radius 2 is 1.91 bits per heavy atom. The van der Waals surface area contributed by atoms with Gasteiger partial charge in [0.05, 0.1) is 6.10 Å². The van der Waals surface area contributed by atoms with Gasteiger partial charge in [-0.25, -0.2) is 4.39 Å². The van der Waals surface area contributed by atoms with Crippen molar-refractivity contribution in [3.05, 3.63) is 11.6 Å². The van der Waals surface area contributed by atoms with Gasteiger partial charge in [-0.15, -0.1) is 0 Å². The van der Waals surface area contributed by atoms with Gasteiger partial charge >= 0.3 is 0 Å². The van der Waals surface area contributed by atoms with E-state index in [1.807, 2.05) is 0 Å². The van der Waals surface area contributed by atoms with Gasteiger partial charge in [-0.05, 0) is 74.7 Å². The normalized spacial score (nSPS) is 56.1. The largest absolute Gasteiger partial charge is 0.393 e. The van der Waals surface area contributed by atoms with Gasteiger partial charge in [0.25, 0.3) is 0 Å². The standard InChI is InChI=1S/C19H29FO3/c1-17-7-2-3-15(17)18(22)8-6-12-4-5-14(21)9-13(12)10-19(18,23)16(20)11-17/h10,12,14-16,21-23H,2-9,11H2,1H3/t12?,14?,15?,16?,17?,18-,19?/m0/s1. The number of rotatable bonds is 0. The van der Waals surface area contributed by atoms with Gasteiger partial charge in [-0.1, -0.05) is 18.9 Å². The average molecular weight is 324 g/mol. The third-order valence-corrected chi connectivity index (χ3v) is 7.60. The van der Waals surface area contributed by atoms with Gasteiger partial charge in [0.15, 0.2) is 0 Å². The molecule has 4 rings (SSSR count). The Labute approximate surface area is 137 Å². The maximum absolute atomic E-state index is 15.2. The molecule has 0 aromatic heterocycles. The van der Waals surface area contributed by atoms with Crippen molar-refractivity contribution in [3.8, 4) is 0 Å². The van der Waals surface area contributed by atoms with Crippen LogP contribution in [0.15, 0.2) is 11.6 Å². The van der Waals surface area contributed by atoms with Crippen LogP contribution in [0.25, 0.3) is 0 Å². The van der Waals surface area contributed by atoms with E-state index in [1.165, 1.54) is 0 Å². The molecular formula is C19H29FO3. The number of alkyl halides is 1. The molecule has 3 fully saturated rings. The maximum Gasteiger partial charge on any atom is 0.143 e. The summed E-state index contributed by atoms with van der Waals surface area (Å²) < 4.78 is 15.2. The second kappa shape index (κ2) is 5.03. The van der Waals surface area contributed by atoms with Crippen LogP contribution in [0.5, 0.6) is 0 Å². The minimum atomic E-state index is -1.79. The highest BCUT2D eigenvalue weighted by Gasteiger charge is 2.67. The third-order valence-electron chi connectivity index (χ3n) is 7.60. The highest BCUT2D eigenvalue weighted by atomic mass is 19.1. The van der Waals surface area contributed by atoms with E-state index in [1.54, 1.807) is 6.08 Å². The fraction of sp³-hybridized carbons (Fsp3) is 0.895. The lowest BCUT2D eigenvalue weighted by atomic mass is 9.54. The monoisotopic (exact) mass is 324 g/mol. The first kappa shape index (κ1) is 16.0. The van der Waals surface area contributed by atoms with Crippen molar-refractivity contribution in [3.63, 3.8) is 0 Å². The molecule has 0 amide bonds. The zero-order valence-corrected chi connectivity index (χ0v) is 14.0. The van der Waals surface area contributed by atoms with E-state index in [9.17, 15) is 15.3 Å². The van der Waals surface area contributed by atoms with Crippen LogP contribution in [0.4, 0.5) is 4.39 Å². The summed E-state index contributed by atoms with van der Waals surface area (Å²) in [6.45, 7) is 2.09. The number of hydrogen-bond donors (Lipinski definition) is 3. The van der Waals surface area contributed by atoms with E-state index in [4.69, 9.17) is 0 Å². The topological polar surface area (TPSA) is 60.7 Å². The van der Waals surface area contributed by atoms with Crippen LogP contribution in [0.2, 0.25) is 0 Å². The molecule has 0 heterocycles. The zero-order chi connectivity index (χ0) is 16.5. The molecular weight excluding hydrogens is 295 g/mol. The first-order chi connectivity index (χ1) is 10.8. The van der Waals surface area contributed by atoms with Gasteiger partial charge in [0, 0.05) is 0 Å². The zero-order valence-electron chi connectivity index (χ0n) is 14.0. The first-order valence-electron chi connectivity index (χ1n) is 9.27. The minimum Gasteiger partial charge on any atom is -0.393 e. The molecule has 4 aliphatic rings. The van der Waals surface area contributed by atoms with Crippen LogP contribution in [0, 0.1) is 17.3 Å². The average Bonchev–Trinajstić information content (AvgIpc) is 2.82. The molecule has 3 saturated carbocycles. The Hall–Kier alpha value is -0.450. The second-order valence-corrected chi connectivity index (χ2v) is 8.91. The number of halogens is 1. The Morgan fingerprint density at radius 3 is 2.70 bits per heavy atom.